The first-order valence-electron chi connectivity index (χ1n) is 6.17. The van der Waals surface area contributed by atoms with Gasteiger partial charge < -0.3 is 10.3 Å². The zero-order valence-electron chi connectivity index (χ0n) is 9.80. The van der Waals surface area contributed by atoms with Gasteiger partial charge in [-0.05, 0) is 48.1 Å². The van der Waals surface area contributed by atoms with Crippen LogP contribution in [-0.4, -0.2) is 16.1 Å². The maximum atomic E-state index is 5.94. The molecule has 3 nitrogen and oxygen atoms in total. The fourth-order valence-corrected chi connectivity index (χ4v) is 3.34. The number of hydrogen-bond donors (Lipinski definition) is 1. The summed E-state index contributed by atoms with van der Waals surface area (Å²) in [6.45, 7) is 0.638. The van der Waals surface area contributed by atoms with Gasteiger partial charge in [0.25, 0.3) is 0 Å². The molecule has 0 saturated carbocycles. The van der Waals surface area contributed by atoms with Crippen molar-refractivity contribution in [2.75, 3.05) is 6.54 Å². The summed E-state index contributed by atoms with van der Waals surface area (Å²) in [5.41, 5.74) is 9.94. The standard InChI is InChI=1S/C13H17N3S/c14-7-13(10-5-6-17-8-10)16-9-15-11-3-1-2-4-12(11)16/h5-6,8-9,13H,1-4,7,14H2. The summed E-state index contributed by atoms with van der Waals surface area (Å²) < 4.78 is 2.29. The molecule has 3 rings (SSSR count). The summed E-state index contributed by atoms with van der Waals surface area (Å²) in [6, 6.07) is 2.42. The van der Waals surface area contributed by atoms with Gasteiger partial charge in [0, 0.05) is 12.2 Å². The Morgan fingerprint density at radius 2 is 2.29 bits per heavy atom. The van der Waals surface area contributed by atoms with E-state index in [2.05, 4.69) is 26.4 Å². The minimum absolute atomic E-state index is 0.260. The first-order valence-corrected chi connectivity index (χ1v) is 7.11. The van der Waals surface area contributed by atoms with Gasteiger partial charge in [0.05, 0.1) is 18.1 Å². The van der Waals surface area contributed by atoms with Crippen LogP contribution in [-0.2, 0) is 12.8 Å². The fraction of sp³-hybridized carbons (Fsp3) is 0.462. The molecule has 0 aromatic carbocycles. The Kier molecular flexibility index (Phi) is 2.99. The molecule has 90 valence electrons. The monoisotopic (exact) mass is 247 g/mol. The molecule has 2 aromatic rings. The lowest BCUT2D eigenvalue weighted by atomic mass is 10.00. The predicted octanol–water partition coefficient (Wildman–Crippen LogP) is 2.37. The second-order valence-electron chi connectivity index (χ2n) is 4.56. The number of aryl methyl sites for hydroxylation is 1. The van der Waals surface area contributed by atoms with E-state index < -0.39 is 0 Å². The lowest BCUT2D eigenvalue weighted by molar-refractivity contribution is 0.548. The molecule has 2 N–H and O–H groups in total. The summed E-state index contributed by atoms with van der Waals surface area (Å²) in [6.07, 6.45) is 6.81. The van der Waals surface area contributed by atoms with E-state index in [9.17, 15) is 0 Å². The molecule has 0 amide bonds. The second-order valence-corrected chi connectivity index (χ2v) is 5.34. The van der Waals surface area contributed by atoms with Crippen molar-refractivity contribution in [3.8, 4) is 0 Å². The number of fused-ring (bicyclic) bond motifs is 1. The van der Waals surface area contributed by atoms with Crippen molar-refractivity contribution in [2.24, 2.45) is 5.73 Å². The third kappa shape index (κ3) is 1.91. The van der Waals surface area contributed by atoms with Crippen LogP contribution in [0.3, 0.4) is 0 Å². The Labute approximate surface area is 105 Å². The molecule has 0 radical (unpaired) electrons. The van der Waals surface area contributed by atoms with Gasteiger partial charge in [-0.25, -0.2) is 4.98 Å². The Balaban J connectivity index is 1.99. The molecule has 0 bridgehead atoms. The largest absolute Gasteiger partial charge is 0.328 e. The normalized spacial score (nSPS) is 16.8. The van der Waals surface area contributed by atoms with Gasteiger partial charge in [-0.15, -0.1) is 0 Å². The summed E-state index contributed by atoms with van der Waals surface area (Å²) >= 11 is 1.73. The Bertz CT molecular complexity index is 487. The number of aromatic nitrogens is 2. The second kappa shape index (κ2) is 4.63. The number of thiophene rings is 1. The number of imidazole rings is 1. The van der Waals surface area contributed by atoms with Crippen LogP contribution >= 0.6 is 11.3 Å². The third-order valence-electron chi connectivity index (χ3n) is 3.55. The van der Waals surface area contributed by atoms with Crippen LogP contribution < -0.4 is 5.73 Å². The van der Waals surface area contributed by atoms with Crippen LogP contribution in [0.5, 0.6) is 0 Å². The summed E-state index contributed by atoms with van der Waals surface area (Å²) in [5, 5.41) is 4.30. The molecule has 1 atom stereocenters. The molecule has 2 aromatic heterocycles. The van der Waals surface area contributed by atoms with Crippen molar-refractivity contribution >= 4 is 11.3 Å². The maximum absolute atomic E-state index is 5.94. The molecular formula is C13H17N3S. The highest BCUT2D eigenvalue weighted by atomic mass is 32.1. The number of rotatable bonds is 3. The summed E-state index contributed by atoms with van der Waals surface area (Å²) in [4.78, 5) is 4.55. The quantitative estimate of drug-likeness (QED) is 0.905. The van der Waals surface area contributed by atoms with Crippen molar-refractivity contribution in [2.45, 2.75) is 31.7 Å². The van der Waals surface area contributed by atoms with Gasteiger partial charge in [0.15, 0.2) is 0 Å². The van der Waals surface area contributed by atoms with Crippen molar-refractivity contribution < 1.29 is 0 Å². The SMILES string of the molecule is NCC(c1ccsc1)n1cnc2c1CCCC2. The molecule has 17 heavy (non-hydrogen) atoms. The van der Waals surface area contributed by atoms with E-state index in [1.807, 2.05) is 6.33 Å². The summed E-state index contributed by atoms with van der Waals surface area (Å²) in [5.74, 6) is 0. The zero-order chi connectivity index (χ0) is 11.7. The van der Waals surface area contributed by atoms with Crippen LogP contribution in [0.2, 0.25) is 0 Å². The number of hydrogen-bond acceptors (Lipinski definition) is 3. The average molecular weight is 247 g/mol. The van der Waals surface area contributed by atoms with E-state index in [-0.39, 0.29) is 6.04 Å². The Morgan fingerprint density at radius 1 is 1.41 bits per heavy atom. The first kappa shape index (κ1) is 11.0. The summed E-state index contributed by atoms with van der Waals surface area (Å²) in [7, 11) is 0. The highest BCUT2D eigenvalue weighted by molar-refractivity contribution is 7.07. The van der Waals surface area contributed by atoms with Crippen molar-refractivity contribution in [3.05, 3.63) is 40.1 Å². The Hall–Kier alpha value is -1.13. The zero-order valence-corrected chi connectivity index (χ0v) is 10.6. The molecule has 4 heteroatoms. The van der Waals surface area contributed by atoms with E-state index in [1.54, 1.807) is 11.3 Å². The molecule has 1 aliphatic rings. The van der Waals surface area contributed by atoms with E-state index >= 15 is 0 Å². The van der Waals surface area contributed by atoms with Crippen LogP contribution in [0, 0.1) is 0 Å². The van der Waals surface area contributed by atoms with E-state index in [1.165, 1.54) is 29.8 Å². The highest BCUT2D eigenvalue weighted by Crippen LogP contribution is 2.27. The van der Waals surface area contributed by atoms with E-state index in [4.69, 9.17) is 5.73 Å². The first-order chi connectivity index (χ1) is 8.40. The topological polar surface area (TPSA) is 43.8 Å². The molecular weight excluding hydrogens is 230 g/mol. The Morgan fingerprint density at radius 3 is 3.06 bits per heavy atom. The van der Waals surface area contributed by atoms with Crippen molar-refractivity contribution in [1.29, 1.82) is 0 Å². The van der Waals surface area contributed by atoms with Gasteiger partial charge >= 0.3 is 0 Å². The van der Waals surface area contributed by atoms with Gasteiger partial charge in [-0.2, -0.15) is 11.3 Å². The van der Waals surface area contributed by atoms with Gasteiger partial charge in [0.1, 0.15) is 0 Å². The van der Waals surface area contributed by atoms with Crippen molar-refractivity contribution in [3.63, 3.8) is 0 Å². The number of nitrogens with zero attached hydrogens (tertiary/aromatic N) is 2. The minimum atomic E-state index is 0.260. The van der Waals surface area contributed by atoms with Crippen LogP contribution in [0.25, 0.3) is 0 Å². The molecule has 2 heterocycles. The third-order valence-corrected chi connectivity index (χ3v) is 4.25. The molecule has 0 saturated heterocycles. The molecule has 1 aliphatic carbocycles. The smallest absolute Gasteiger partial charge is 0.0957 e. The lowest BCUT2D eigenvalue weighted by Gasteiger charge is -2.21. The average Bonchev–Trinajstić information content (AvgIpc) is 3.01. The number of nitrogens with two attached hydrogens (primary N) is 1. The van der Waals surface area contributed by atoms with E-state index in [0.29, 0.717) is 6.54 Å². The lowest BCUT2D eigenvalue weighted by Crippen LogP contribution is -2.22. The molecule has 1 unspecified atom stereocenters. The highest BCUT2D eigenvalue weighted by Gasteiger charge is 2.20. The van der Waals surface area contributed by atoms with Crippen molar-refractivity contribution in [1.82, 2.24) is 9.55 Å². The van der Waals surface area contributed by atoms with Gasteiger partial charge in [0.2, 0.25) is 0 Å². The van der Waals surface area contributed by atoms with Gasteiger partial charge in [-0.1, -0.05) is 0 Å². The minimum Gasteiger partial charge on any atom is -0.328 e. The van der Waals surface area contributed by atoms with E-state index in [0.717, 1.165) is 12.8 Å². The van der Waals surface area contributed by atoms with Crippen LogP contribution in [0.4, 0.5) is 0 Å². The molecule has 0 aliphatic heterocycles. The molecule has 0 fully saturated rings. The molecule has 0 spiro atoms. The van der Waals surface area contributed by atoms with Crippen LogP contribution in [0.1, 0.15) is 35.8 Å². The van der Waals surface area contributed by atoms with Gasteiger partial charge in [-0.3, -0.25) is 0 Å². The fourth-order valence-electron chi connectivity index (χ4n) is 2.64. The maximum Gasteiger partial charge on any atom is 0.0957 e. The van der Waals surface area contributed by atoms with Crippen LogP contribution in [0.15, 0.2) is 23.2 Å². The predicted molar refractivity (Wildman–Crippen MR) is 70.4 cm³/mol.